The number of carbonyl (C=O) groups excluding carboxylic acids is 1. The highest BCUT2D eigenvalue weighted by atomic mass is 16.5. The van der Waals surface area contributed by atoms with Gasteiger partial charge in [-0.1, -0.05) is 36.4 Å². The molecule has 0 saturated heterocycles. The molecule has 4 rings (SSSR count). The Morgan fingerprint density at radius 3 is 2.68 bits per heavy atom. The standard InChI is InChI=1S/C22H22N4O2/c1-23-22-24-13-17(14-25-22)21(27)26-11-10-15-6-3-4-9-19(15)20(26)16-7-5-8-18(12-16)28-2/h3-9,12-14,20H,10-11H2,1-2H3,(H,23,24,25)/t20-/m0/s1. The first-order valence-corrected chi connectivity index (χ1v) is 9.24. The molecule has 1 N–H and O–H groups in total. The van der Waals surface area contributed by atoms with Gasteiger partial charge in [-0.3, -0.25) is 4.79 Å². The number of aromatic nitrogens is 2. The van der Waals surface area contributed by atoms with Crippen molar-refractivity contribution in [3.8, 4) is 5.75 Å². The topological polar surface area (TPSA) is 67.4 Å². The van der Waals surface area contributed by atoms with Gasteiger partial charge in [-0.15, -0.1) is 0 Å². The molecule has 0 saturated carbocycles. The Morgan fingerprint density at radius 1 is 1.14 bits per heavy atom. The van der Waals surface area contributed by atoms with Crippen LogP contribution in [0.25, 0.3) is 0 Å². The predicted molar refractivity (Wildman–Crippen MR) is 108 cm³/mol. The van der Waals surface area contributed by atoms with Crippen molar-refractivity contribution in [1.29, 1.82) is 0 Å². The molecule has 1 amide bonds. The highest BCUT2D eigenvalue weighted by Gasteiger charge is 2.32. The van der Waals surface area contributed by atoms with Gasteiger partial charge in [-0.25, -0.2) is 9.97 Å². The lowest BCUT2D eigenvalue weighted by Crippen LogP contribution is -2.40. The van der Waals surface area contributed by atoms with Gasteiger partial charge in [0.1, 0.15) is 5.75 Å². The summed E-state index contributed by atoms with van der Waals surface area (Å²) in [6, 6.07) is 16.0. The largest absolute Gasteiger partial charge is 0.497 e. The number of ether oxygens (including phenoxy) is 1. The van der Waals surface area contributed by atoms with Crippen LogP contribution in [0, 0.1) is 0 Å². The molecule has 0 bridgehead atoms. The predicted octanol–water partition coefficient (Wildman–Crippen LogP) is 3.31. The maximum absolute atomic E-state index is 13.3. The molecule has 6 heteroatoms. The zero-order chi connectivity index (χ0) is 19.5. The number of rotatable bonds is 4. The van der Waals surface area contributed by atoms with E-state index in [0.717, 1.165) is 23.3 Å². The normalized spacial score (nSPS) is 15.6. The highest BCUT2D eigenvalue weighted by molar-refractivity contribution is 5.94. The van der Waals surface area contributed by atoms with Crippen LogP contribution < -0.4 is 10.1 Å². The van der Waals surface area contributed by atoms with Crippen LogP contribution in [0.1, 0.15) is 33.1 Å². The number of hydrogen-bond acceptors (Lipinski definition) is 5. The molecule has 28 heavy (non-hydrogen) atoms. The van der Waals surface area contributed by atoms with E-state index in [0.29, 0.717) is 18.1 Å². The van der Waals surface area contributed by atoms with E-state index in [9.17, 15) is 4.79 Å². The lowest BCUT2D eigenvalue weighted by atomic mass is 9.87. The molecule has 1 aliphatic rings. The van der Waals surface area contributed by atoms with Crippen LogP contribution in [-0.4, -0.2) is 41.5 Å². The fourth-order valence-corrected chi connectivity index (χ4v) is 3.69. The third-order valence-electron chi connectivity index (χ3n) is 5.08. The number of amides is 1. The molecule has 1 aliphatic heterocycles. The Morgan fingerprint density at radius 2 is 1.93 bits per heavy atom. The molecule has 2 heterocycles. The van der Waals surface area contributed by atoms with Gasteiger partial charge < -0.3 is 15.0 Å². The van der Waals surface area contributed by atoms with Gasteiger partial charge in [0.05, 0.1) is 18.7 Å². The van der Waals surface area contributed by atoms with Crippen LogP contribution >= 0.6 is 0 Å². The van der Waals surface area contributed by atoms with Crippen molar-refractivity contribution in [3.05, 3.63) is 83.2 Å². The second kappa shape index (κ2) is 7.68. The molecule has 2 aromatic carbocycles. The number of benzene rings is 2. The molecule has 0 radical (unpaired) electrons. The van der Waals surface area contributed by atoms with Crippen molar-refractivity contribution in [2.45, 2.75) is 12.5 Å². The monoisotopic (exact) mass is 374 g/mol. The molecule has 3 aromatic rings. The summed E-state index contributed by atoms with van der Waals surface area (Å²) >= 11 is 0. The third-order valence-corrected chi connectivity index (χ3v) is 5.08. The average Bonchev–Trinajstić information content (AvgIpc) is 2.78. The second-order valence-corrected chi connectivity index (χ2v) is 6.67. The zero-order valence-electron chi connectivity index (χ0n) is 15.9. The number of nitrogens with one attached hydrogen (secondary N) is 1. The van der Waals surface area contributed by atoms with Gasteiger partial charge in [0.25, 0.3) is 5.91 Å². The van der Waals surface area contributed by atoms with Crippen LogP contribution in [0.5, 0.6) is 5.75 Å². The Kier molecular flexibility index (Phi) is 4.93. The zero-order valence-corrected chi connectivity index (χ0v) is 15.9. The molecule has 1 atom stereocenters. The number of anilines is 1. The van der Waals surface area contributed by atoms with Gasteiger partial charge in [0.15, 0.2) is 0 Å². The lowest BCUT2D eigenvalue weighted by Gasteiger charge is -2.37. The number of methoxy groups -OCH3 is 1. The second-order valence-electron chi connectivity index (χ2n) is 6.67. The van der Waals surface area contributed by atoms with Crippen LogP contribution in [0.4, 0.5) is 5.95 Å². The van der Waals surface area contributed by atoms with Crippen LogP contribution in [0.15, 0.2) is 60.9 Å². The van der Waals surface area contributed by atoms with Gasteiger partial charge in [0.2, 0.25) is 5.95 Å². The Balaban J connectivity index is 1.77. The average molecular weight is 374 g/mol. The van der Waals surface area contributed by atoms with E-state index < -0.39 is 0 Å². The third kappa shape index (κ3) is 3.29. The first-order valence-electron chi connectivity index (χ1n) is 9.24. The smallest absolute Gasteiger partial charge is 0.257 e. The van der Waals surface area contributed by atoms with Gasteiger partial charge >= 0.3 is 0 Å². The summed E-state index contributed by atoms with van der Waals surface area (Å²) in [4.78, 5) is 23.6. The van der Waals surface area contributed by atoms with Crippen LogP contribution in [-0.2, 0) is 6.42 Å². The van der Waals surface area contributed by atoms with Crippen molar-refractivity contribution in [3.63, 3.8) is 0 Å². The maximum Gasteiger partial charge on any atom is 0.257 e. The SMILES string of the molecule is CNc1ncc(C(=O)N2CCc3ccccc3[C@@H]2c2cccc(OC)c2)cn1. The van der Waals surface area contributed by atoms with Crippen molar-refractivity contribution in [2.75, 3.05) is 26.0 Å². The minimum Gasteiger partial charge on any atom is -0.497 e. The summed E-state index contributed by atoms with van der Waals surface area (Å²) < 4.78 is 5.41. The summed E-state index contributed by atoms with van der Waals surface area (Å²) in [5, 5.41) is 2.87. The van der Waals surface area contributed by atoms with Crippen molar-refractivity contribution in [1.82, 2.24) is 14.9 Å². The summed E-state index contributed by atoms with van der Waals surface area (Å²) in [5.74, 6) is 1.18. The molecule has 0 aliphatic carbocycles. The molecule has 0 unspecified atom stereocenters. The summed E-state index contributed by atoms with van der Waals surface area (Å²) in [7, 11) is 3.40. The summed E-state index contributed by atoms with van der Waals surface area (Å²) in [6.07, 6.45) is 3.96. The van der Waals surface area contributed by atoms with Crippen LogP contribution in [0.2, 0.25) is 0 Å². The number of nitrogens with zero attached hydrogens (tertiary/aromatic N) is 3. The minimum absolute atomic E-state index is 0.0787. The fraction of sp³-hybridized carbons (Fsp3) is 0.227. The molecule has 0 fully saturated rings. The molecular weight excluding hydrogens is 352 g/mol. The molecular formula is C22H22N4O2. The van der Waals surface area contributed by atoms with E-state index >= 15 is 0 Å². The molecule has 6 nitrogen and oxygen atoms in total. The minimum atomic E-state index is -0.184. The molecule has 0 spiro atoms. The van der Waals surface area contributed by atoms with Crippen molar-refractivity contribution < 1.29 is 9.53 Å². The van der Waals surface area contributed by atoms with E-state index in [2.05, 4.69) is 27.4 Å². The first-order chi connectivity index (χ1) is 13.7. The van der Waals surface area contributed by atoms with Crippen molar-refractivity contribution in [2.24, 2.45) is 0 Å². The summed E-state index contributed by atoms with van der Waals surface area (Å²) in [6.45, 7) is 0.630. The molecule has 1 aromatic heterocycles. The van der Waals surface area contributed by atoms with E-state index in [1.54, 1.807) is 26.6 Å². The number of carbonyl (C=O) groups is 1. The lowest BCUT2D eigenvalue weighted by molar-refractivity contribution is 0.0693. The Labute approximate surface area is 164 Å². The quantitative estimate of drug-likeness (QED) is 0.759. The Hall–Kier alpha value is -3.41. The molecule has 142 valence electrons. The van der Waals surface area contributed by atoms with E-state index in [1.807, 2.05) is 41.3 Å². The Bertz CT molecular complexity index is 988. The first kappa shape index (κ1) is 18.0. The van der Waals surface area contributed by atoms with E-state index in [4.69, 9.17) is 4.74 Å². The highest BCUT2D eigenvalue weighted by Crippen LogP contribution is 2.37. The maximum atomic E-state index is 13.3. The van der Waals surface area contributed by atoms with E-state index in [-0.39, 0.29) is 11.9 Å². The van der Waals surface area contributed by atoms with E-state index in [1.165, 1.54) is 5.56 Å². The number of fused-ring (bicyclic) bond motifs is 1. The number of hydrogen-bond donors (Lipinski definition) is 1. The van der Waals surface area contributed by atoms with Crippen LogP contribution in [0.3, 0.4) is 0 Å². The fourth-order valence-electron chi connectivity index (χ4n) is 3.69. The van der Waals surface area contributed by atoms with Gasteiger partial charge in [0, 0.05) is 26.0 Å². The summed E-state index contributed by atoms with van der Waals surface area (Å²) in [5.41, 5.74) is 3.91. The van der Waals surface area contributed by atoms with Gasteiger partial charge in [-0.2, -0.15) is 0 Å². The van der Waals surface area contributed by atoms with Gasteiger partial charge in [-0.05, 0) is 35.2 Å². The van der Waals surface area contributed by atoms with Crippen molar-refractivity contribution >= 4 is 11.9 Å².